The minimum atomic E-state index is 0.168. The number of carbonyl (C=O) groups is 1. The number of rotatable bonds is 2. The minimum absolute atomic E-state index is 0.168. The van der Waals surface area contributed by atoms with Crippen LogP contribution in [0.4, 0.5) is 5.82 Å². The van der Waals surface area contributed by atoms with Gasteiger partial charge >= 0.3 is 0 Å². The molecule has 3 heterocycles. The lowest BCUT2D eigenvalue weighted by atomic mass is 10.1. The zero-order chi connectivity index (χ0) is 12.7. The Bertz CT molecular complexity index is 589. The molecule has 0 saturated heterocycles. The van der Waals surface area contributed by atoms with Gasteiger partial charge in [-0.3, -0.25) is 4.79 Å². The zero-order valence-electron chi connectivity index (χ0n) is 10.3. The highest BCUT2D eigenvalue weighted by Gasteiger charge is 2.28. The lowest BCUT2D eigenvalue weighted by Gasteiger charge is -2.29. The van der Waals surface area contributed by atoms with E-state index in [1.165, 1.54) is 4.88 Å². The minimum Gasteiger partial charge on any atom is -0.360 e. The van der Waals surface area contributed by atoms with Crippen LogP contribution in [0.1, 0.15) is 45.7 Å². The molecule has 1 N–H and O–H groups in total. The van der Waals surface area contributed by atoms with Crippen LogP contribution in [0.3, 0.4) is 0 Å². The molecule has 0 spiro atoms. The molecule has 0 amide bonds. The Hall–Kier alpha value is -1.69. The summed E-state index contributed by atoms with van der Waals surface area (Å²) in [5.74, 6) is 0.807. The van der Waals surface area contributed by atoms with Gasteiger partial charge in [0, 0.05) is 11.1 Å². The standard InChI is InChI=1S/C12H14N4OS/c1-7-3-10(12-13-4-8(2)18-12)15-11-9(6-17)5-14-16(7)11/h4-7,10,15H,3H2,1-2H3. The van der Waals surface area contributed by atoms with E-state index in [9.17, 15) is 4.79 Å². The van der Waals surface area contributed by atoms with Gasteiger partial charge in [0.1, 0.15) is 10.8 Å². The number of aryl methyl sites for hydroxylation is 1. The number of fused-ring (bicyclic) bond motifs is 1. The van der Waals surface area contributed by atoms with Crippen molar-refractivity contribution < 1.29 is 4.79 Å². The molecule has 2 aromatic rings. The predicted octanol–water partition coefficient (Wildman–Crippen LogP) is 2.58. The molecule has 94 valence electrons. The van der Waals surface area contributed by atoms with E-state index in [1.54, 1.807) is 17.5 Å². The van der Waals surface area contributed by atoms with Crippen LogP contribution in [0.25, 0.3) is 0 Å². The number of hydrogen-bond acceptors (Lipinski definition) is 5. The van der Waals surface area contributed by atoms with Crippen molar-refractivity contribution in [2.45, 2.75) is 32.4 Å². The molecule has 0 fully saturated rings. The number of nitrogens with zero attached hydrogens (tertiary/aromatic N) is 3. The van der Waals surface area contributed by atoms with Crippen LogP contribution in [0, 0.1) is 6.92 Å². The van der Waals surface area contributed by atoms with Crippen LogP contribution in [0.5, 0.6) is 0 Å². The molecule has 0 bridgehead atoms. The van der Waals surface area contributed by atoms with Crippen molar-refractivity contribution in [3.8, 4) is 0 Å². The maximum Gasteiger partial charge on any atom is 0.155 e. The Morgan fingerprint density at radius 1 is 1.56 bits per heavy atom. The molecule has 0 aromatic carbocycles. The first-order chi connectivity index (χ1) is 8.69. The molecule has 2 aromatic heterocycles. The lowest BCUT2D eigenvalue weighted by molar-refractivity contribution is 0.112. The van der Waals surface area contributed by atoms with Crippen LogP contribution in [-0.2, 0) is 0 Å². The first-order valence-electron chi connectivity index (χ1n) is 5.90. The van der Waals surface area contributed by atoms with Gasteiger partial charge in [-0.25, -0.2) is 9.67 Å². The van der Waals surface area contributed by atoms with Crippen LogP contribution in [0.15, 0.2) is 12.4 Å². The van der Waals surface area contributed by atoms with Gasteiger partial charge < -0.3 is 5.32 Å². The monoisotopic (exact) mass is 262 g/mol. The molecule has 1 aliphatic heterocycles. The molecule has 0 radical (unpaired) electrons. The Kier molecular flexibility index (Phi) is 2.66. The number of nitrogens with one attached hydrogen (secondary N) is 1. The fourth-order valence-corrected chi connectivity index (χ4v) is 3.14. The Labute approximate surface area is 109 Å². The van der Waals surface area contributed by atoms with Crippen LogP contribution in [-0.4, -0.2) is 21.1 Å². The second-order valence-electron chi connectivity index (χ2n) is 4.60. The molecular formula is C12H14N4OS. The Morgan fingerprint density at radius 3 is 3.06 bits per heavy atom. The van der Waals surface area contributed by atoms with Crippen molar-refractivity contribution in [3.05, 3.63) is 27.8 Å². The molecule has 0 saturated carbocycles. The van der Waals surface area contributed by atoms with E-state index in [2.05, 4.69) is 29.2 Å². The van der Waals surface area contributed by atoms with Crippen LogP contribution >= 0.6 is 11.3 Å². The normalized spacial score (nSPS) is 22.3. The van der Waals surface area contributed by atoms with Gasteiger partial charge in [-0.15, -0.1) is 11.3 Å². The molecule has 5 nitrogen and oxygen atoms in total. The van der Waals surface area contributed by atoms with E-state index >= 15 is 0 Å². The third-order valence-electron chi connectivity index (χ3n) is 3.19. The van der Waals surface area contributed by atoms with Crippen LogP contribution in [0.2, 0.25) is 0 Å². The average molecular weight is 262 g/mol. The average Bonchev–Trinajstić information content (AvgIpc) is 2.95. The summed E-state index contributed by atoms with van der Waals surface area (Å²) in [5, 5.41) is 8.69. The van der Waals surface area contributed by atoms with Crippen molar-refractivity contribution in [1.82, 2.24) is 14.8 Å². The highest BCUT2D eigenvalue weighted by atomic mass is 32.1. The quantitative estimate of drug-likeness (QED) is 0.845. The maximum atomic E-state index is 11.0. The second-order valence-corrected chi connectivity index (χ2v) is 5.87. The fourth-order valence-electron chi connectivity index (χ4n) is 2.31. The first kappa shape index (κ1) is 11.4. The van der Waals surface area contributed by atoms with Gasteiger partial charge in [0.15, 0.2) is 6.29 Å². The number of aromatic nitrogens is 3. The summed E-state index contributed by atoms with van der Waals surface area (Å²) in [6.07, 6.45) is 5.27. The SMILES string of the molecule is Cc1cnc(C2CC(C)n3ncc(C=O)c3N2)s1. The topological polar surface area (TPSA) is 59.8 Å². The van der Waals surface area contributed by atoms with E-state index in [0.717, 1.165) is 23.5 Å². The van der Waals surface area contributed by atoms with Crippen molar-refractivity contribution in [2.75, 3.05) is 5.32 Å². The van der Waals surface area contributed by atoms with Crippen LogP contribution < -0.4 is 5.32 Å². The van der Waals surface area contributed by atoms with Crippen molar-refractivity contribution in [3.63, 3.8) is 0 Å². The second kappa shape index (κ2) is 4.20. The molecule has 2 unspecified atom stereocenters. The number of thiazole rings is 1. The van der Waals surface area contributed by atoms with Crippen molar-refractivity contribution in [2.24, 2.45) is 0 Å². The largest absolute Gasteiger partial charge is 0.360 e. The fraction of sp³-hybridized carbons (Fsp3) is 0.417. The van der Waals surface area contributed by atoms with E-state index in [4.69, 9.17) is 0 Å². The van der Waals surface area contributed by atoms with Gasteiger partial charge in [0.05, 0.1) is 23.8 Å². The maximum absolute atomic E-state index is 11.0. The number of aldehydes is 1. The van der Waals surface area contributed by atoms with E-state index in [0.29, 0.717) is 5.56 Å². The summed E-state index contributed by atoms with van der Waals surface area (Å²) >= 11 is 1.70. The van der Waals surface area contributed by atoms with E-state index < -0.39 is 0 Å². The molecule has 3 rings (SSSR count). The smallest absolute Gasteiger partial charge is 0.155 e. The third kappa shape index (κ3) is 1.73. The molecule has 2 atom stereocenters. The number of anilines is 1. The predicted molar refractivity (Wildman–Crippen MR) is 70.2 cm³/mol. The van der Waals surface area contributed by atoms with Gasteiger partial charge in [0.25, 0.3) is 0 Å². The molecule has 18 heavy (non-hydrogen) atoms. The third-order valence-corrected chi connectivity index (χ3v) is 4.22. The Balaban J connectivity index is 1.97. The van der Waals surface area contributed by atoms with Gasteiger partial charge in [-0.1, -0.05) is 0 Å². The Morgan fingerprint density at radius 2 is 2.39 bits per heavy atom. The first-order valence-corrected chi connectivity index (χ1v) is 6.72. The highest BCUT2D eigenvalue weighted by Crippen LogP contribution is 2.36. The van der Waals surface area contributed by atoms with Gasteiger partial charge in [-0.2, -0.15) is 5.10 Å². The van der Waals surface area contributed by atoms with Gasteiger partial charge in [0.2, 0.25) is 0 Å². The lowest BCUT2D eigenvalue weighted by Crippen LogP contribution is -2.25. The summed E-state index contributed by atoms with van der Waals surface area (Å²) in [7, 11) is 0. The zero-order valence-corrected chi connectivity index (χ0v) is 11.1. The number of carbonyl (C=O) groups excluding carboxylic acids is 1. The summed E-state index contributed by atoms with van der Waals surface area (Å²) in [5.41, 5.74) is 0.611. The molecular weight excluding hydrogens is 248 g/mol. The van der Waals surface area contributed by atoms with E-state index in [-0.39, 0.29) is 12.1 Å². The van der Waals surface area contributed by atoms with Gasteiger partial charge in [-0.05, 0) is 20.3 Å². The molecule has 1 aliphatic rings. The molecule has 6 heteroatoms. The summed E-state index contributed by atoms with van der Waals surface area (Å²) < 4.78 is 1.88. The van der Waals surface area contributed by atoms with Crippen molar-refractivity contribution in [1.29, 1.82) is 0 Å². The summed E-state index contributed by atoms with van der Waals surface area (Å²) in [6.45, 7) is 4.16. The number of hydrogen-bond donors (Lipinski definition) is 1. The highest BCUT2D eigenvalue weighted by molar-refractivity contribution is 7.11. The van der Waals surface area contributed by atoms with E-state index in [1.807, 2.05) is 10.9 Å². The summed E-state index contributed by atoms with van der Waals surface area (Å²) in [4.78, 5) is 16.6. The van der Waals surface area contributed by atoms with Crippen molar-refractivity contribution >= 4 is 23.4 Å². The molecule has 0 aliphatic carbocycles. The summed E-state index contributed by atoms with van der Waals surface area (Å²) in [6, 6.07) is 0.436.